The first-order chi connectivity index (χ1) is 9.35. The predicted molar refractivity (Wildman–Crippen MR) is 79.7 cm³/mol. The van der Waals surface area contributed by atoms with Crippen molar-refractivity contribution in [3.05, 3.63) is 35.4 Å². The van der Waals surface area contributed by atoms with Crippen LogP contribution in [0.4, 0.5) is 0 Å². The molecule has 0 fully saturated rings. The maximum Gasteiger partial charge on any atom is 0.224 e. The summed E-state index contributed by atoms with van der Waals surface area (Å²) in [6, 6.07) is 9.42. The molecule has 0 spiro atoms. The van der Waals surface area contributed by atoms with Crippen molar-refractivity contribution in [1.82, 2.24) is 4.90 Å². The molecule has 2 N–H and O–H groups in total. The van der Waals surface area contributed by atoms with Gasteiger partial charge in [-0.05, 0) is 38.0 Å². The summed E-state index contributed by atoms with van der Waals surface area (Å²) in [5.74, 6) is 0.0729. The van der Waals surface area contributed by atoms with Crippen LogP contribution in [-0.4, -0.2) is 22.9 Å². The van der Waals surface area contributed by atoms with E-state index in [0.29, 0.717) is 18.5 Å². The molecule has 4 nitrogen and oxygen atoms in total. The molecule has 1 aromatic rings. The number of rotatable bonds is 6. The lowest BCUT2D eigenvalue weighted by Crippen LogP contribution is -2.41. The van der Waals surface area contributed by atoms with Crippen molar-refractivity contribution in [2.75, 3.05) is 6.54 Å². The monoisotopic (exact) mass is 273 g/mol. The Morgan fingerprint density at radius 2 is 1.95 bits per heavy atom. The molecule has 20 heavy (non-hydrogen) atoms. The number of nitrogens with two attached hydrogens (primary N) is 1. The van der Waals surface area contributed by atoms with Gasteiger partial charge in [-0.3, -0.25) is 4.79 Å². The average Bonchev–Trinajstić information content (AvgIpc) is 2.37. The number of benzene rings is 1. The molecule has 0 atom stereocenters. The Balaban J connectivity index is 2.75. The van der Waals surface area contributed by atoms with Crippen LogP contribution in [0.5, 0.6) is 0 Å². The molecule has 0 saturated carbocycles. The van der Waals surface area contributed by atoms with Crippen molar-refractivity contribution in [3.8, 4) is 6.07 Å². The van der Waals surface area contributed by atoms with Crippen LogP contribution >= 0.6 is 0 Å². The van der Waals surface area contributed by atoms with Gasteiger partial charge in [-0.15, -0.1) is 0 Å². The lowest BCUT2D eigenvalue weighted by molar-refractivity contribution is -0.132. The molecule has 108 valence electrons. The maximum atomic E-state index is 12.3. The first kappa shape index (κ1) is 16.2. The molecule has 0 unspecified atom stereocenters. The highest BCUT2D eigenvalue weighted by molar-refractivity contribution is 5.77. The van der Waals surface area contributed by atoms with E-state index in [1.54, 1.807) is 12.1 Å². The van der Waals surface area contributed by atoms with E-state index in [0.717, 1.165) is 18.5 Å². The van der Waals surface area contributed by atoms with E-state index >= 15 is 0 Å². The molecule has 1 amide bonds. The second kappa shape index (κ2) is 7.06. The van der Waals surface area contributed by atoms with Crippen LogP contribution in [0.15, 0.2) is 24.3 Å². The third kappa shape index (κ3) is 5.41. The molecule has 0 aliphatic rings. The summed E-state index contributed by atoms with van der Waals surface area (Å²) >= 11 is 0. The van der Waals surface area contributed by atoms with Crippen molar-refractivity contribution in [2.45, 2.75) is 45.7 Å². The minimum absolute atomic E-state index is 0.0729. The topological polar surface area (TPSA) is 70.1 Å². The lowest BCUT2D eigenvalue weighted by Gasteiger charge is -2.26. The Kier molecular flexibility index (Phi) is 5.72. The number of nitriles is 1. The van der Waals surface area contributed by atoms with Crippen LogP contribution in [0.3, 0.4) is 0 Å². The second-order valence-corrected chi connectivity index (χ2v) is 5.79. The van der Waals surface area contributed by atoms with Gasteiger partial charge in [0.05, 0.1) is 11.6 Å². The number of hydrogen-bond donors (Lipinski definition) is 1. The molecule has 0 saturated heterocycles. The van der Waals surface area contributed by atoms with E-state index < -0.39 is 5.54 Å². The number of amides is 1. The summed E-state index contributed by atoms with van der Waals surface area (Å²) in [5, 5.41) is 8.78. The van der Waals surface area contributed by atoms with Crippen molar-refractivity contribution < 1.29 is 4.79 Å². The van der Waals surface area contributed by atoms with Gasteiger partial charge in [-0.25, -0.2) is 0 Å². The molecular formula is C16H23N3O. The van der Waals surface area contributed by atoms with Gasteiger partial charge in [0.25, 0.3) is 0 Å². The smallest absolute Gasteiger partial charge is 0.224 e. The van der Waals surface area contributed by atoms with Gasteiger partial charge in [0, 0.05) is 25.0 Å². The highest BCUT2D eigenvalue weighted by Gasteiger charge is 2.21. The molecule has 0 aromatic heterocycles. The minimum atomic E-state index is -0.492. The number of nitrogens with zero attached hydrogens (tertiary/aromatic N) is 2. The molecule has 1 rings (SSSR count). The minimum Gasteiger partial charge on any atom is -0.338 e. The standard InChI is InChI=1S/C16H23N3O/c1-4-9-19(15(20)10-16(2,3)18)12-14-7-5-13(11-17)6-8-14/h5-8H,4,9-10,12,18H2,1-3H3. The first-order valence-electron chi connectivity index (χ1n) is 6.91. The summed E-state index contributed by atoms with van der Waals surface area (Å²) in [6.45, 7) is 7.05. The van der Waals surface area contributed by atoms with Crippen LogP contribution < -0.4 is 5.73 Å². The van der Waals surface area contributed by atoms with Gasteiger partial charge < -0.3 is 10.6 Å². The maximum absolute atomic E-state index is 12.3. The Bertz CT molecular complexity index is 480. The van der Waals surface area contributed by atoms with Gasteiger partial charge >= 0.3 is 0 Å². The largest absolute Gasteiger partial charge is 0.338 e. The summed E-state index contributed by atoms with van der Waals surface area (Å²) in [6.07, 6.45) is 1.25. The lowest BCUT2D eigenvalue weighted by atomic mass is 10.0. The summed E-state index contributed by atoms with van der Waals surface area (Å²) in [5.41, 5.74) is 7.08. The zero-order valence-corrected chi connectivity index (χ0v) is 12.5. The quantitative estimate of drug-likeness (QED) is 0.865. The van der Waals surface area contributed by atoms with Crippen molar-refractivity contribution in [2.24, 2.45) is 5.73 Å². The van der Waals surface area contributed by atoms with Crippen molar-refractivity contribution >= 4 is 5.91 Å². The molecular weight excluding hydrogens is 250 g/mol. The molecule has 0 radical (unpaired) electrons. The molecule has 0 aliphatic carbocycles. The number of carbonyl (C=O) groups is 1. The number of carbonyl (C=O) groups excluding carboxylic acids is 1. The van der Waals surface area contributed by atoms with Crippen LogP contribution in [0.2, 0.25) is 0 Å². The Morgan fingerprint density at radius 1 is 1.35 bits per heavy atom. The fraction of sp³-hybridized carbons (Fsp3) is 0.500. The Hall–Kier alpha value is -1.86. The molecule has 0 aliphatic heterocycles. The van der Waals surface area contributed by atoms with E-state index in [4.69, 9.17) is 11.0 Å². The zero-order valence-electron chi connectivity index (χ0n) is 12.5. The SMILES string of the molecule is CCCN(Cc1ccc(C#N)cc1)C(=O)CC(C)(C)N. The van der Waals surface area contributed by atoms with Gasteiger partial charge in [0.15, 0.2) is 0 Å². The van der Waals surface area contributed by atoms with E-state index in [1.807, 2.05) is 37.8 Å². The predicted octanol–water partition coefficient (Wildman–Crippen LogP) is 2.42. The van der Waals surface area contributed by atoms with Crippen LogP contribution in [-0.2, 0) is 11.3 Å². The van der Waals surface area contributed by atoms with Gasteiger partial charge in [0.1, 0.15) is 0 Å². The summed E-state index contributed by atoms with van der Waals surface area (Å²) < 4.78 is 0. The summed E-state index contributed by atoms with van der Waals surface area (Å²) in [7, 11) is 0. The zero-order chi connectivity index (χ0) is 15.2. The van der Waals surface area contributed by atoms with E-state index in [9.17, 15) is 4.79 Å². The van der Waals surface area contributed by atoms with Crippen LogP contribution in [0.25, 0.3) is 0 Å². The third-order valence-electron chi connectivity index (χ3n) is 2.91. The van der Waals surface area contributed by atoms with Crippen LogP contribution in [0.1, 0.15) is 44.7 Å². The van der Waals surface area contributed by atoms with Crippen LogP contribution in [0, 0.1) is 11.3 Å². The van der Waals surface area contributed by atoms with E-state index in [-0.39, 0.29) is 5.91 Å². The summed E-state index contributed by atoms with van der Waals surface area (Å²) in [4.78, 5) is 14.1. The second-order valence-electron chi connectivity index (χ2n) is 5.79. The van der Waals surface area contributed by atoms with Gasteiger partial charge in [-0.2, -0.15) is 5.26 Å². The highest BCUT2D eigenvalue weighted by Crippen LogP contribution is 2.12. The van der Waals surface area contributed by atoms with Crippen molar-refractivity contribution in [1.29, 1.82) is 5.26 Å². The highest BCUT2D eigenvalue weighted by atomic mass is 16.2. The molecule has 4 heteroatoms. The van der Waals surface area contributed by atoms with E-state index in [1.165, 1.54) is 0 Å². The average molecular weight is 273 g/mol. The fourth-order valence-corrected chi connectivity index (χ4v) is 1.97. The molecule has 1 aromatic carbocycles. The Morgan fingerprint density at radius 3 is 2.40 bits per heavy atom. The normalized spacial score (nSPS) is 10.9. The number of hydrogen-bond acceptors (Lipinski definition) is 3. The van der Waals surface area contributed by atoms with Gasteiger partial charge in [-0.1, -0.05) is 19.1 Å². The van der Waals surface area contributed by atoms with Gasteiger partial charge in [0.2, 0.25) is 5.91 Å². The Labute approximate surface area is 121 Å². The van der Waals surface area contributed by atoms with E-state index in [2.05, 4.69) is 6.07 Å². The van der Waals surface area contributed by atoms with Crippen molar-refractivity contribution in [3.63, 3.8) is 0 Å². The molecule has 0 heterocycles. The first-order valence-corrected chi connectivity index (χ1v) is 6.91. The fourth-order valence-electron chi connectivity index (χ4n) is 1.97. The third-order valence-corrected chi connectivity index (χ3v) is 2.91. The molecule has 0 bridgehead atoms.